The summed E-state index contributed by atoms with van der Waals surface area (Å²) in [6, 6.07) is 6.42. The summed E-state index contributed by atoms with van der Waals surface area (Å²) in [5.74, 6) is -1.52. The number of fused-ring (bicyclic) bond motifs is 1. The highest BCUT2D eigenvalue weighted by Crippen LogP contribution is 2.14. The fraction of sp³-hybridized carbons (Fsp3) is 0.0909. The van der Waals surface area contributed by atoms with Crippen LogP contribution in [0.1, 0.15) is 15.9 Å². The first kappa shape index (κ1) is 9.45. The van der Waals surface area contributed by atoms with Crippen LogP contribution in [0, 0.1) is 6.92 Å². The zero-order chi connectivity index (χ0) is 11.0. The van der Waals surface area contributed by atoms with Crippen molar-refractivity contribution in [3.63, 3.8) is 0 Å². The number of carbonyl (C=O) groups excluding carboxylic acids is 1. The topological polar surface area (TPSA) is 70.3 Å². The van der Waals surface area contributed by atoms with E-state index in [2.05, 4.69) is 0 Å². The molecule has 0 aliphatic carbocycles. The fourth-order valence-electron chi connectivity index (χ4n) is 1.39. The van der Waals surface area contributed by atoms with Gasteiger partial charge in [0.15, 0.2) is 0 Å². The first-order valence-electron chi connectivity index (χ1n) is 4.34. The van der Waals surface area contributed by atoms with Crippen molar-refractivity contribution in [2.75, 3.05) is 0 Å². The van der Waals surface area contributed by atoms with E-state index in [-0.39, 0.29) is 0 Å². The molecule has 76 valence electrons. The lowest BCUT2D eigenvalue weighted by atomic mass is 10.1. The molecule has 0 unspecified atom stereocenters. The average Bonchev–Trinajstić information content (AvgIpc) is 2.17. The monoisotopic (exact) mass is 203 g/mol. The average molecular weight is 203 g/mol. The standard InChI is InChI=1S/C11H8O4/c1-6-2-3-9-7(4-6)5-8(10(12)13)11(14)15-9/h2-5H,1H3,(H,12,13)/p-1. The Balaban J connectivity index is 2.83. The van der Waals surface area contributed by atoms with Crippen LogP contribution in [0.2, 0.25) is 0 Å². The Bertz CT molecular complexity index is 595. The van der Waals surface area contributed by atoms with Crippen molar-refractivity contribution in [1.82, 2.24) is 0 Å². The highest BCUT2D eigenvalue weighted by molar-refractivity contribution is 5.90. The summed E-state index contributed by atoms with van der Waals surface area (Å²) in [7, 11) is 0. The molecule has 2 rings (SSSR count). The van der Waals surface area contributed by atoms with E-state index < -0.39 is 17.2 Å². The van der Waals surface area contributed by atoms with E-state index in [4.69, 9.17) is 4.42 Å². The van der Waals surface area contributed by atoms with Crippen LogP contribution in [0.4, 0.5) is 0 Å². The molecule has 0 N–H and O–H groups in total. The van der Waals surface area contributed by atoms with Crippen LogP contribution in [-0.2, 0) is 0 Å². The Hall–Kier alpha value is -2.10. The third-order valence-corrected chi connectivity index (χ3v) is 2.11. The minimum Gasteiger partial charge on any atom is -0.545 e. The number of aromatic carboxylic acids is 1. The van der Waals surface area contributed by atoms with Crippen molar-refractivity contribution < 1.29 is 14.3 Å². The van der Waals surface area contributed by atoms with Gasteiger partial charge in [-0.1, -0.05) is 11.6 Å². The van der Waals surface area contributed by atoms with Gasteiger partial charge in [-0.3, -0.25) is 0 Å². The van der Waals surface area contributed by atoms with Crippen LogP contribution in [0.3, 0.4) is 0 Å². The van der Waals surface area contributed by atoms with E-state index in [0.29, 0.717) is 11.0 Å². The van der Waals surface area contributed by atoms with Crippen LogP contribution in [0.25, 0.3) is 11.0 Å². The number of hydrogen-bond donors (Lipinski definition) is 0. The number of carboxylic acids is 1. The second-order valence-electron chi connectivity index (χ2n) is 3.28. The molecule has 15 heavy (non-hydrogen) atoms. The Labute approximate surface area is 84.8 Å². The van der Waals surface area contributed by atoms with Crippen molar-refractivity contribution in [1.29, 1.82) is 0 Å². The van der Waals surface area contributed by atoms with Gasteiger partial charge in [-0.15, -0.1) is 0 Å². The quantitative estimate of drug-likeness (QED) is 0.631. The van der Waals surface area contributed by atoms with Gasteiger partial charge in [-0.25, -0.2) is 4.79 Å². The maximum Gasteiger partial charge on any atom is 0.345 e. The van der Waals surface area contributed by atoms with Crippen LogP contribution < -0.4 is 10.7 Å². The summed E-state index contributed by atoms with van der Waals surface area (Å²) < 4.78 is 4.83. The number of hydrogen-bond acceptors (Lipinski definition) is 4. The van der Waals surface area contributed by atoms with Gasteiger partial charge in [0.25, 0.3) is 0 Å². The molecular weight excluding hydrogens is 196 g/mol. The van der Waals surface area contributed by atoms with Crippen molar-refractivity contribution >= 4 is 16.9 Å². The molecule has 1 aromatic heterocycles. The lowest BCUT2D eigenvalue weighted by Crippen LogP contribution is -2.28. The second-order valence-corrected chi connectivity index (χ2v) is 3.28. The van der Waals surface area contributed by atoms with Crippen molar-refractivity contribution in [2.24, 2.45) is 0 Å². The molecule has 0 fully saturated rings. The van der Waals surface area contributed by atoms with Crippen LogP contribution in [0.5, 0.6) is 0 Å². The fourth-order valence-corrected chi connectivity index (χ4v) is 1.39. The summed E-state index contributed by atoms with van der Waals surface area (Å²) in [4.78, 5) is 21.8. The molecule has 0 radical (unpaired) electrons. The zero-order valence-corrected chi connectivity index (χ0v) is 7.94. The van der Waals surface area contributed by atoms with E-state index in [1.165, 1.54) is 6.07 Å². The number of rotatable bonds is 1. The van der Waals surface area contributed by atoms with Gasteiger partial charge in [-0.2, -0.15) is 0 Å². The summed E-state index contributed by atoms with van der Waals surface area (Å²) >= 11 is 0. The SMILES string of the molecule is Cc1ccc2oc(=O)c(C(=O)[O-])cc2c1. The number of benzene rings is 1. The lowest BCUT2D eigenvalue weighted by molar-refractivity contribution is -0.255. The lowest BCUT2D eigenvalue weighted by Gasteiger charge is -2.02. The molecular formula is C11H7O4-. The summed E-state index contributed by atoms with van der Waals surface area (Å²) in [5.41, 5.74) is -0.00398. The van der Waals surface area contributed by atoms with Crippen LogP contribution in [0.15, 0.2) is 33.5 Å². The summed E-state index contributed by atoms with van der Waals surface area (Å²) in [5, 5.41) is 11.2. The predicted molar refractivity (Wildman–Crippen MR) is 51.6 cm³/mol. The smallest absolute Gasteiger partial charge is 0.345 e. The Morgan fingerprint density at radius 2 is 2.07 bits per heavy atom. The van der Waals surface area contributed by atoms with Crippen molar-refractivity contribution in [3.8, 4) is 0 Å². The number of carbonyl (C=O) groups is 1. The molecule has 1 aromatic carbocycles. The second kappa shape index (κ2) is 3.24. The molecule has 0 saturated carbocycles. The first-order valence-corrected chi connectivity index (χ1v) is 4.34. The minimum atomic E-state index is -1.52. The molecule has 0 aliphatic rings. The third kappa shape index (κ3) is 1.61. The highest BCUT2D eigenvalue weighted by Gasteiger charge is 2.05. The predicted octanol–water partition coefficient (Wildman–Crippen LogP) is 0.465. The van der Waals surface area contributed by atoms with Crippen molar-refractivity contribution in [3.05, 3.63) is 45.8 Å². The number of carboxylic acid groups (broad SMARTS) is 1. The maximum atomic E-state index is 11.2. The molecule has 2 aromatic rings. The molecule has 0 bridgehead atoms. The molecule has 0 aliphatic heterocycles. The minimum absolute atomic E-state index is 0.371. The van der Waals surface area contributed by atoms with Gasteiger partial charge in [0.2, 0.25) is 0 Å². The van der Waals surface area contributed by atoms with Crippen molar-refractivity contribution in [2.45, 2.75) is 6.92 Å². The molecule has 0 amide bonds. The van der Waals surface area contributed by atoms with E-state index in [0.717, 1.165) is 5.56 Å². The van der Waals surface area contributed by atoms with Gasteiger partial charge in [0, 0.05) is 5.39 Å². The maximum absolute atomic E-state index is 11.2. The first-order chi connectivity index (χ1) is 7.08. The summed E-state index contributed by atoms with van der Waals surface area (Å²) in [6.45, 7) is 1.86. The van der Waals surface area contributed by atoms with Gasteiger partial charge in [0.1, 0.15) is 5.58 Å². The molecule has 0 saturated heterocycles. The van der Waals surface area contributed by atoms with Crippen LogP contribution >= 0.6 is 0 Å². The third-order valence-electron chi connectivity index (χ3n) is 2.11. The van der Waals surface area contributed by atoms with E-state index in [9.17, 15) is 14.7 Å². The normalized spacial score (nSPS) is 10.5. The van der Waals surface area contributed by atoms with E-state index >= 15 is 0 Å². The Morgan fingerprint density at radius 3 is 2.73 bits per heavy atom. The van der Waals surface area contributed by atoms with Gasteiger partial charge in [-0.05, 0) is 25.1 Å². The Morgan fingerprint density at radius 1 is 1.33 bits per heavy atom. The van der Waals surface area contributed by atoms with Gasteiger partial charge in [0.05, 0.1) is 11.5 Å². The van der Waals surface area contributed by atoms with Gasteiger partial charge < -0.3 is 14.3 Å². The van der Waals surface area contributed by atoms with Gasteiger partial charge >= 0.3 is 5.63 Å². The molecule has 4 nitrogen and oxygen atoms in total. The zero-order valence-electron chi connectivity index (χ0n) is 7.94. The van der Waals surface area contributed by atoms with Crippen LogP contribution in [-0.4, -0.2) is 5.97 Å². The van der Waals surface area contributed by atoms with E-state index in [1.54, 1.807) is 18.2 Å². The summed E-state index contributed by atoms with van der Waals surface area (Å²) in [6.07, 6.45) is 0. The largest absolute Gasteiger partial charge is 0.545 e. The highest BCUT2D eigenvalue weighted by atomic mass is 16.4. The number of aryl methyl sites for hydroxylation is 1. The molecule has 1 heterocycles. The molecule has 0 spiro atoms. The molecule has 0 atom stereocenters. The van der Waals surface area contributed by atoms with E-state index in [1.807, 2.05) is 6.92 Å². The molecule has 4 heteroatoms. The Kier molecular flexibility index (Phi) is 2.04.